The van der Waals surface area contributed by atoms with Crippen molar-refractivity contribution < 1.29 is 0 Å². The predicted octanol–water partition coefficient (Wildman–Crippen LogP) is 2.34. The number of hydrogen-bond acceptors (Lipinski definition) is 5. The van der Waals surface area contributed by atoms with Gasteiger partial charge in [-0.3, -0.25) is 4.90 Å². The third-order valence-electron chi connectivity index (χ3n) is 4.79. The first kappa shape index (κ1) is 15.3. The minimum Gasteiger partial charge on any atom is -0.342 e. The van der Waals surface area contributed by atoms with E-state index in [4.69, 9.17) is 4.98 Å². The van der Waals surface area contributed by atoms with E-state index in [9.17, 15) is 0 Å². The zero-order chi connectivity index (χ0) is 16.4. The Morgan fingerprint density at radius 2 is 2.04 bits per heavy atom. The van der Waals surface area contributed by atoms with Gasteiger partial charge in [-0.05, 0) is 54.9 Å². The minimum atomic E-state index is 0.514. The predicted molar refractivity (Wildman–Crippen MR) is 91.5 cm³/mol. The van der Waals surface area contributed by atoms with E-state index in [0.29, 0.717) is 5.92 Å². The fourth-order valence-electron chi connectivity index (χ4n) is 3.45. The number of nitrogens with zero attached hydrogens (tertiary/aromatic N) is 6. The van der Waals surface area contributed by atoms with Crippen LogP contribution in [0.3, 0.4) is 0 Å². The number of likely N-dealkylation sites (tertiary alicyclic amines) is 1. The van der Waals surface area contributed by atoms with Crippen LogP contribution in [0.5, 0.6) is 0 Å². The normalized spacial score (nSPS) is 16.9. The molecule has 2 aromatic heterocycles. The Kier molecular flexibility index (Phi) is 4.25. The van der Waals surface area contributed by atoms with Gasteiger partial charge in [-0.2, -0.15) is 0 Å². The molecule has 1 N–H and O–H groups in total. The maximum atomic E-state index is 4.77. The van der Waals surface area contributed by atoms with Crippen LogP contribution in [0.1, 0.15) is 43.8 Å². The average molecular weight is 325 g/mol. The van der Waals surface area contributed by atoms with Gasteiger partial charge in [0.25, 0.3) is 0 Å². The molecule has 126 valence electrons. The van der Waals surface area contributed by atoms with Crippen molar-refractivity contribution in [1.29, 1.82) is 0 Å². The molecular formula is C17H23N7. The number of aryl methyl sites for hydroxylation is 1. The van der Waals surface area contributed by atoms with Crippen molar-refractivity contribution in [3.05, 3.63) is 35.9 Å². The average Bonchev–Trinajstić information content (AvgIpc) is 3.23. The molecule has 0 spiro atoms. The van der Waals surface area contributed by atoms with Gasteiger partial charge in [0.05, 0.1) is 17.6 Å². The van der Waals surface area contributed by atoms with Gasteiger partial charge in [0.2, 0.25) is 0 Å². The highest BCUT2D eigenvalue weighted by atomic mass is 15.5. The number of hydrogen-bond donors (Lipinski definition) is 1. The molecule has 1 aliphatic rings. The van der Waals surface area contributed by atoms with Crippen molar-refractivity contribution in [3.63, 3.8) is 0 Å². The molecule has 3 heterocycles. The molecule has 7 heteroatoms. The molecule has 0 amide bonds. The lowest BCUT2D eigenvalue weighted by Crippen LogP contribution is -2.33. The lowest BCUT2D eigenvalue weighted by atomic mass is 9.96. The number of nitrogens with one attached hydrogen (secondary N) is 1. The standard InChI is InChI=1S/C17H23N7/c1-2-9-24-16(20-21-22-24)12-23-10-7-13(8-11-23)17-18-14-5-3-4-6-15(14)19-17/h3-6,13H,2,7-12H2,1H3,(H,18,19). The molecule has 1 aliphatic heterocycles. The number of imidazole rings is 1. The molecule has 24 heavy (non-hydrogen) atoms. The van der Waals surface area contributed by atoms with Crippen LogP contribution in [0.4, 0.5) is 0 Å². The topological polar surface area (TPSA) is 75.5 Å². The van der Waals surface area contributed by atoms with E-state index in [1.54, 1.807) is 0 Å². The van der Waals surface area contributed by atoms with Gasteiger partial charge in [0, 0.05) is 12.5 Å². The fraction of sp³-hybridized carbons (Fsp3) is 0.529. The zero-order valence-electron chi connectivity index (χ0n) is 14.0. The number of para-hydroxylation sites is 2. The van der Waals surface area contributed by atoms with E-state index in [1.165, 1.54) is 0 Å². The second kappa shape index (κ2) is 6.68. The van der Waals surface area contributed by atoms with E-state index in [2.05, 4.69) is 44.5 Å². The Bertz CT molecular complexity index is 765. The summed E-state index contributed by atoms with van der Waals surface area (Å²) in [5, 5.41) is 12.1. The SMILES string of the molecule is CCCn1nnnc1CN1CCC(c2nc3ccccc3[nH]2)CC1. The summed E-state index contributed by atoms with van der Waals surface area (Å²) in [6.07, 6.45) is 3.29. The quantitative estimate of drug-likeness (QED) is 0.779. The van der Waals surface area contributed by atoms with Crippen molar-refractivity contribution in [2.45, 2.75) is 45.2 Å². The molecule has 4 rings (SSSR count). The van der Waals surface area contributed by atoms with Crippen molar-refractivity contribution in [2.75, 3.05) is 13.1 Å². The van der Waals surface area contributed by atoms with Crippen LogP contribution in [-0.2, 0) is 13.1 Å². The lowest BCUT2D eigenvalue weighted by Gasteiger charge is -2.30. The Labute approximate surface area is 141 Å². The number of fused-ring (bicyclic) bond motifs is 1. The second-order valence-corrected chi connectivity index (χ2v) is 6.51. The second-order valence-electron chi connectivity index (χ2n) is 6.51. The molecule has 0 radical (unpaired) electrons. The van der Waals surface area contributed by atoms with Crippen LogP contribution in [0.25, 0.3) is 11.0 Å². The highest BCUT2D eigenvalue weighted by molar-refractivity contribution is 5.74. The number of H-pyrrole nitrogens is 1. The maximum absolute atomic E-state index is 4.77. The zero-order valence-corrected chi connectivity index (χ0v) is 14.0. The summed E-state index contributed by atoms with van der Waals surface area (Å²) in [5.41, 5.74) is 2.20. The van der Waals surface area contributed by atoms with Crippen LogP contribution < -0.4 is 0 Å². The van der Waals surface area contributed by atoms with Crippen LogP contribution >= 0.6 is 0 Å². The number of rotatable bonds is 5. The lowest BCUT2D eigenvalue weighted by molar-refractivity contribution is 0.194. The van der Waals surface area contributed by atoms with Gasteiger partial charge in [-0.15, -0.1) is 5.10 Å². The van der Waals surface area contributed by atoms with Gasteiger partial charge >= 0.3 is 0 Å². The molecule has 1 fully saturated rings. The summed E-state index contributed by atoms with van der Waals surface area (Å²) < 4.78 is 1.92. The summed E-state index contributed by atoms with van der Waals surface area (Å²) >= 11 is 0. The summed E-state index contributed by atoms with van der Waals surface area (Å²) in [7, 11) is 0. The number of tetrazole rings is 1. The van der Waals surface area contributed by atoms with Crippen LogP contribution in [0.15, 0.2) is 24.3 Å². The first-order valence-corrected chi connectivity index (χ1v) is 8.75. The van der Waals surface area contributed by atoms with E-state index < -0.39 is 0 Å². The third-order valence-corrected chi connectivity index (χ3v) is 4.79. The number of aromatic amines is 1. The number of benzene rings is 1. The highest BCUT2D eigenvalue weighted by Gasteiger charge is 2.24. The smallest absolute Gasteiger partial charge is 0.165 e. The summed E-state index contributed by atoms with van der Waals surface area (Å²) in [6, 6.07) is 8.25. The van der Waals surface area contributed by atoms with Crippen molar-refractivity contribution >= 4 is 11.0 Å². The Hall–Kier alpha value is -2.28. The number of aromatic nitrogens is 6. The van der Waals surface area contributed by atoms with Gasteiger partial charge in [0.1, 0.15) is 5.82 Å². The molecule has 0 bridgehead atoms. The van der Waals surface area contributed by atoms with Crippen LogP contribution in [-0.4, -0.2) is 48.2 Å². The molecule has 0 unspecified atom stereocenters. The largest absolute Gasteiger partial charge is 0.342 e. The van der Waals surface area contributed by atoms with Crippen molar-refractivity contribution in [2.24, 2.45) is 0 Å². The highest BCUT2D eigenvalue weighted by Crippen LogP contribution is 2.28. The van der Waals surface area contributed by atoms with Crippen molar-refractivity contribution in [1.82, 2.24) is 35.1 Å². The van der Waals surface area contributed by atoms with Crippen LogP contribution in [0, 0.1) is 0 Å². The summed E-state index contributed by atoms with van der Waals surface area (Å²) in [4.78, 5) is 10.7. The fourth-order valence-corrected chi connectivity index (χ4v) is 3.45. The first-order chi connectivity index (χ1) is 11.8. The Balaban J connectivity index is 1.38. The Morgan fingerprint density at radius 3 is 2.83 bits per heavy atom. The Morgan fingerprint density at radius 1 is 1.21 bits per heavy atom. The molecule has 0 aliphatic carbocycles. The van der Waals surface area contributed by atoms with E-state index in [0.717, 1.165) is 68.1 Å². The summed E-state index contributed by atoms with van der Waals surface area (Å²) in [6.45, 7) is 5.98. The molecule has 1 aromatic carbocycles. The summed E-state index contributed by atoms with van der Waals surface area (Å²) in [5.74, 6) is 2.62. The van der Waals surface area contributed by atoms with Gasteiger partial charge in [-0.1, -0.05) is 19.1 Å². The molecular weight excluding hydrogens is 302 g/mol. The maximum Gasteiger partial charge on any atom is 0.165 e. The van der Waals surface area contributed by atoms with Gasteiger partial charge in [-0.25, -0.2) is 9.67 Å². The molecule has 0 atom stereocenters. The van der Waals surface area contributed by atoms with Crippen molar-refractivity contribution in [3.8, 4) is 0 Å². The third kappa shape index (κ3) is 3.03. The van der Waals surface area contributed by atoms with E-state index in [-0.39, 0.29) is 0 Å². The molecule has 0 saturated carbocycles. The monoisotopic (exact) mass is 325 g/mol. The van der Waals surface area contributed by atoms with Crippen LogP contribution in [0.2, 0.25) is 0 Å². The molecule has 1 saturated heterocycles. The van der Waals surface area contributed by atoms with E-state index >= 15 is 0 Å². The van der Waals surface area contributed by atoms with Gasteiger partial charge < -0.3 is 4.98 Å². The first-order valence-electron chi connectivity index (χ1n) is 8.75. The number of piperidine rings is 1. The minimum absolute atomic E-state index is 0.514. The molecule has 7 nitrogen and oxygen atoms in total. The molecule has 3 aromatic rings. The van der Waals surface area contributed by atoms with E-state index in [1.807, 2.05) is 16.8 Å². The van der Waals surface area contributed by atoms with Gasteiger partial charge in [0.15, 0.2) is 5.82 Å².